The molecule has 3 aromatic rings. The van der Waals surface area contributed by atoms with E-state index in [1.807, 2.05) is 36.4 Å². The van der Waals surface area contributed by atoms with Gasteiger partial charge in [-0.15, -0.1) is 11.8 Å². The number of aliphatic hydroxyl groups is 1. The highest BCUT2D eigenvalue weighted by Gasteiger charge is 2.51. The lowest BCUT2D eigenvalue weighted by Crippen LogP contribution is -2.19. The van der Waals surface area contributed by atoms with E-state index in [2.05, 4.69) is 5.16 Å². The zero-order chi connectivity index (χ0) is 23.8. The van der Waals surface area contributed by atoms with Crippen molar-refractivity contribution in [3.05, 3.63) is 65.4 Å². The number of aromatic nitrogens is 1. The molecule has 4 rings (SSSR count). The number of aliphatic carboxylic acids is 1. The Balaban J connectivity index is 1.50. The van der Waals surface area contributed by atoms with Crippen LogP contribution in [0.4, 0.5) is 13.2 Å². The summed E-state index contributed by atoms with van der Waals surface area (Å²) in [5.74, 6) is -1.63. The second-order valence-electron chi connectivity index (χ2n) is 8.20. The van der Waals surface area contributed by atoms with Gasteiger partial charge in [0.15, 0.2) is 5.76 Å². The number of carbonyl (C=O) groups is 1. The zero-order valence-corrected chi connectivity index (χ0v) is 18.5. The molecule has 9 heteroatoms. The van der Waals surface area contributed by atoms with Gasteiger partial charge in [0.25, 0.3) is 0 Å². The number of benzene rings is 2. The van der Waals surface area contributed by atoms with E-state index in [1.165, 1.54) is 0 Å². The Morgan fingerprint density at radius 3 is 2.15 bits per heavy atom. The van der Waals surface area contributed by atoms with Gasteiger partial charge < -0.3 is 14.7 Å². The fourth-order valence-corrected chi connectivity index (χ4v) is 4.63. The van der Waals surface area contributed by atoms with Gasteiger partial charge in [0.1, 0.15) is 0 Å². The highest BCUT2D eigenvalue weighted by molar-refractivity contribution is 7.99. The number of carboxylic acids is 1. The molecule has 0 aliphatic heterocycles. The molecule has 1 heterocycles. The van der Waals surface area contributed by atoms with Crippen molar-refractivity contribution in [3.8, 4) is 22.5 Å². The summed E-state index contributed by atoms with van der Waals surface area (Å²) in [6.45, 7) is 1.64. The Morgan fingerprint density at radius 1 is 1.09 bits per heavy atom. The summed E-state index contributed by atoms with van der Waals surface area (Å²) < 4.78 is 42.6. The number of carboxylic acid groups (broad SMARTS) is 1. The number of hydrogen-bond donors (Lipinski definition) is 2. The number of aryl methyl sites for hydroxylation is 1. The van der Waals surface area contributed by atoms with Gasteiger partial charge >= 0.3 is 12.1 Å². The van der Waals surface area contributed by atoms with Crippen LogP contribution < -0.4 is 0 Å². The number of alkyl halides is 3. The Morgan fingerprint density at radius 2 is 1.64 bits per heavy atom. The maximum absolute atomic E-state index is 12.4. The van der Waals surface area contributed by atoms with Crippen LogP contribution in [0.5, 0.6) is 0 Å². The predicted molar refractivity (Wildman–Crippen MR) is 119 cm³/mol. The van der Waals surface area contributed by atoms with Gasteiger partial charge in [-0.1, -0.05) is 53.7 Å². The van der Waals surface area contributed by atoms with E-state index in [0.29, 0.717) is 47.2 Å². The molecule has 1 aliphatic carbocycles. The Hall–Kier alpha value is -2.78. The van der Waals surface area contributed by atoms with E-state index < -0.39 is 29.4 Å². The molecule has 0 saturated heterocycles. The Kier molecular flexibility index (Phi) is 6.28. The molecular weight excluding hydrogens is 455 g/mol. The van der Waals surface area contributed by atoms with Gasteiger partial charge in [-0.25, -0.2) is 0 Å². The van der Waals surface area contributed by atoms with Crippen molar-refractivity contribution in [1.82, 2.24) is 5.16 Å². The fraction of sp³-hybridized carbons (Fsp3) is 0.333. The lowest BCUT2D eigenvalue weighted by atomic mass is 9.93. The molecule has 1 unspecified atom stereocenters. The first-order valence-corrected chi connectivity index (χ1v) is 11.5. The first-order valence-electron chi connectivity index (χ1n) is 10.3. The molecule has 5 nitrogen and oxygen atoms in total. The van der Waals surface area contributed by atoms with Gasteiger partial charge in [-0.3, -0.25) is 4.79 Å². The minimum Gasteiger partial charge on any atom is -0.481 e. The van der Waals surface area contributed by atoms with Crippen LogP contribution >= 0.6 is 11.8 Å². The van der Waals surface area contributed by atoms with Crippen LogP contribution in [0.15, 0.2) is 53.1 Å². The molecular formula is C24H22F3NO4S. The van der Waals surface area contributed by atoms with Crippen molar-refractivity contribution in [3.63, 3.8) is 0 Å². The van der Waals surface area contributed by atoms with Gasteiger partial charge in [0.2, 0.25) is 0 Å². The summed E-state index contributed by atoms with van der Waals surface area (Å²) in [5.41, 5.74) is 3.33. The maximum Gasteiger partial charge on any atom is 0.397 e. The number of thioether (sulfide) groups is 1. The molecule has 0 bridgehead atoms. The monoisotopic (exact) mass is 477 g/mol. The number of aliphatic hydroxyl groups excluding tert-OH is 1. The van der Waals surface area contributed by atoms with E-state index in [1.54, 1.807) is 19.1 Å². The summed E-state index contributed by atoms with van der Waals surface area (Å²) >= 11 is 0.607. The highest BCUT2D eigenvalue weighted by atomic mass is 32.2. The van der Waals surface area contributed by atoms with Crippen LogP contribution in [0.3, 0.4) is 0 Å². The van der Waals surface area contributed by atoms with Crippen LogP contribution in [0.1, 0.15) is 35.8 Å². The lowest BCUT2D eigenvalue weighted by molar-refractivity contribution is -0.140. The van der Waals surface area contributed by atoms with E-state index in [0.717, 1.165) is 16.7 Å². The first-order chi connectivity index (χ1) is 15.6. The molecule has 1 aliphatic rings. The third-order valence-electron chi connectivity index (χ3n) is 5.86. The number of nitrogens with zero attached hydrogens (tertiary/aromatic N) is 1. The minimum atomic E-state index is -4.29. The average Bonchev–Trinajstić information content (AvgIpc) is 3.50. The van der Waals surface area contributed by atoms with Crippen LogP contribution in [-0.4, -0.2) is 39.0 Å². The third-order valence-corrected chi connectivity index (χ3v) is 6.94. The summed E-state index contributed by atoms with van der Waals surface area (Å²) in [6.07, 6.45) is -4.14. The van der Waals surface area contributed by atoms with Crippen molar-refractivity contribution in [2.45, 2.75) is 37.5 Å². The second kappa shape index (κ2) is 8.87. The van der Waals surface area contributed by atoms with Crippen molar-refractivity contribution in [1.29, 1.82) is 0 Å². The number of rotatable bonds is 8. The van der Waals surface area contributed by atoms with Crippen LogP contribution in [0, 0.1) is 6.92 Å². The second-order valence-corrected chi connectivity index (χ2v) is 9.23. The molecule has 2 N–H and O–H groups in total. The number of hydrogen-bond acceptors (Lipinski definition) is 5. The highest BCUT2D eigenvalue weighted by Crippen LogP contribution is 2.48. The smallest absolute Gasteiger partial charge is 0.397 e. The third kappa shape index (κ3) is 4.94. The quantitative estimate of drug-likeness (QED) is 0.429. The van der Waals surface area contributed by atoms with E-state index in [-0.39, 0.29) is 5.75 Å². The molecule has 2 aromatic carbocycles. The van der Waals surface area contributed by atoms with Gasteiger partial charge in [0.05, 0.1) is 28.5 Å². The molecule has 0 radical (unpaired) electrons. The SMILES string of the molecule is Cc1noc(-c2ccc(-c3ccc(C4(C(=O)O)CC4)cc3)cc2)c1C(O)CSCC(F)(F)F. The molecule has 1 aromatic heterocycles. The van der Waals surface area contributed by atoms with Crippen LogP contribution in [0.25, 0.3) is 22.5 Å². The maximum atomic E-state index is 12.4. The predicted octanol–water partition coefficient (Wildman–Crippen LogP) is 5.76. The molecule has 1 saturated carbocycles. The topological polar surface area (TPSA) is 83.6 Å². The van der Waals surface area contributed by atoms with Crippen molar-refractivity contribution < 1.29 is 32.7 Å². The van der Waals surface area contributed by atoms with Gasteiger partial charge in [0, 0.05) is 11.3 Å². The molecule has 174 valence electrons. The zero-order valence-electron chi connectivity index (χ0n) is 17.7. The molecule has 33 heavy (non-hydrogen) atoms. The van der Waals surface area contributed by atoms with Gasteiger partial charge in [-0.2, -0.15) is 13.2 Å². The molecule has 1 fully saturated rings. The first kappa shape index (κ1) is 23.4. The van der Waals surface area contributed by atoms with Crippen molar-refractivity contribution in [2.24, 2.45) is 0 Å². The molecule has 0 spiro atoms. The average molecular weight is 478 g/mol. The van der Waals surface area contributed by atoms with Gasteiger partial charge in [-0.05, 0) is 36.5 Å². The van der Waals surface area contributed by atoms with E-state index in [4.69, 9.17) is 4.52 Å². The summed E-state index contributed by atoms with van der Waals surface area (Å²) in [7, 11) is 0. The fourth-order valence-electron chi connectivity index (χ4n) is 3.89. The summed E-state index contributed by atoms with van der Waals surface area (Å²) in [6, 6.07) is 14.8. The minimum absolute atomic E-state index is 0.128. The molecule has 0 amide bonds. The van der Waals surface area contributed by atoms with E-state index in [9.17, 15) is 28.2 Å². The van der Waals surface area contributed by atoms with Crippen LogP contribution in [-0.2, 0) is 10.2 Å². The van der Waals surface area contributed by atoms with Crippen molar-refractivity contribution in [2.75, 3.05) is 11.5 Å². The lowest BCUT2D eigenvalue weighted by Gasteiger charge is -2.13. The normalized spacial score (nSPS) is 15.9. The molecule has 1 atom stereocenters. The summed E-state index contributed by atoms with van der Waals surface area (Å²) in [5, 5.41) is 23.8. The number of halogens is 3. The van der Waals surface area contributed by atoms with E-state index >= 15 is 0 Å². The summed E-state index contributed by atoms with van der Waals surface area (Å²) in [4.78, 5) is 11.5. The Labute approximate surface area is 192 Å². The largest absolute Gasteiger partial charge is 0.481 e. The Bertz CT molecular complexity index is 1140. The van der Waals surface area contributed by atoms with Crippen molar-refractivity contribution >= 4 is 17.7 Å². The standard InChI is InChI=1S/C24H22F3NO4S/c1-14-20(19(29)12-33-13-24(25,26)27)21(32-28-14)17-4-2-15(3-5-17)16-6-8-18(9-7-16)23(10-11-23)22(30)31/h2-9,19,29H,10-13H2,1H3,(H,30,31). The van der Waals surface area contributed by atoms with Crippen LogP contribution in [0.2, 0.25) is 0 Å².